The van der Waals surface area contributed by atoms with Crippen molar-refractivity contribution in [1.29, 1.82) is 0 Å². The van der Waals surface area contributed by atoms with Crippen LogP contribution in [0, 0.1) is 5.82 Å². The molecular weight excluding hydrogens is 447 g/mol. The van der Waals surface area contributed by atoms with Gasteiger partial charge in [0.1, 0.15) is 5.82 Å². The lowest BCUT2D eigenvalue weighted by Crippen LogP contribution is -2.21. The first kappa shape index (κ1) is 24.3. The second kappa shape index (κ2) is 10.5. The molecule has 0 aliphatic heterocycles. The number of hydrogen-bond donors (Lipinski definition) is 3. The molecule has 0 spiro atoms. The summed E-state index contributed by atoms with van der Waals surface area (Å²) in [6.07, 6.45) is 4.17. The van der Waals surface area contributed by atoms with Crippen LogP contribution in [0.4, 0.5) is 20.6 Å². The molecule has 0 aliphatic carbocycles. The molecule has 0 aliphatic rings. The summed E-state index contributed by atoms with van der Waals surface area (Å²) in [6, 6.07) is 8.94. The van der Waals surface area contributed by atoms with E-state index in [0.717, 1.165) is 17.2 Å². The molecule has 0 radical (unpaired) electrons. The molecule has 33 heavy (non-hydrogen) atoms. The zero-order chi connectivity index (χ0) is 24.1. The van der Waals surface area contributed by atoms with Crippen LogP contribution in [0.2, 0.25) is 5.02 Å². The fourth-order valence-electron chi connectivity index (χ4n) is 3.51. The number of rotatable bonds is 8. The van der Waals surface area contributed by atoms with Gasteiger partial charge in [-0.1, -0.05) is 30.7 Å². The third-order valence-corrected chi connectivity index (χ3v) is 5.53. The Bertz CT molecular complexity index is 1160. The maximum atomic E-state index is 14.1. The van der Waals surface area contributed by atoms with E-state index in [1.165, 1.54) is 12.1 Å². The molecule has 0 fully saturated rings. The molecule has 1 unspecified atom stereocenters. The molecule has 0 saturated heterocycles. The van der Waals surface area contributed by atoms with Crippen molar-refractivity contribution in [3.05, 3.63) is 65.2 Å². The number of aromatic nitrogens is 2. The second-order valence-corrected chi connectivity index (χ2v) is 8.45. The first-order valence-electron chi connectivity index (χ1n) is 10.6. The molecule has 2 aromatic carbocycles. The molecule has 174 valence electrons. The Hall–Kier alpha value is -3.39. The summed E-state index contributed by atoms with van der Waals surface area (Å²) in [6.45, 7) is 5.92. The van der Waals surface area contributed by atoms with E-state index < -0.39 is 17.8 Å². The number of carbonyl (C=O) groups is 2. The summed E-state index contributed by atoms with van der Waals surface area (Å²) < 4.78 is 15.9. The Morgan fingerprint density at radius 3 is 2.48 bits per heavy atom. The summed E-state index contributed by atoms with van der Waals surface area (Å²) >= 11 is 5.77. The van der Waals surface area contributed by atoms with Gasteiger partial charge >= 0.3 is 12.0 Å². The molecule has 0 saturated carbocycles. The predicted molar refractivity (Wildman–Crippen MR) is 127 cm³/mol. The molecule has 0 bridgehead atoms. The molecule has 1 aromatic heterocycles. The third-order valence-electron chi connectivity index (χ3n) is 5.30. The Morgan fingerprint density at radius 1 is 1.15 bits per heavy atom. The number of carboxylic acid groups (broad SMARTS) is 1. The maximum absolute atomic E-state index is 14.1. The Morgan fingerprint density at radius 2 is 1.88 bits per heavy atom. The average Bonchev–Trinajstić information content (AvgIpc) is 3.24. The molecule has 7 nitrogen and oxygen atoms in total. The van der Waals surface area contributed by atoms with Gasteiger partial charge in [0, 0.05) is 28.4 Å². The smallest absolute Gasteiger partial charge is 0.323 e. The minimum absolute atomic E-state index is 0.0143. The van der Waals surface area contributed by atoms with E-state index in [9.17, 15) is 19.1 Å². The van der Waals surface area contributed by atoms with Crippen LogP contribution in [0.1, 0.15) is 51.1 Å². The normalized spacial score (nSPS) is 11.9. The van der Waals surface area contributed by atoms with Crippen LogP contribution in [0.15, 0.2) is 48.8 Å². The van der Waals surface area contributed by atoms with E-state index in [2.05, 4.69) is 15.7 Å². The van der Waals surface area contributed by atoms with Crippen molar-refractivity contribution >= 4 is 35.0 Å². The topological polar surface area (TPSA) is 96.2 Å². The van der Waals surface area contributed by atoms with Crippen molar-refractivity contribution < 1.29 is 19.1 Å². The van der Waals surface area contributed by atoms with E-state index >= 15 is 0 Å². The number of amides is 2. The molecule has 1 atom stereocenters. The Kier molecular flexibility index (Phi) is 7.71. The molecule has 3 rings (SSSR count). The molecule has 3 N–H and O–H groups in total. The second-order valence-electron chi connectivity index (χ2n) is 8.01. The van der Waals surface area contributed by atoms with Gasteiger partial charge in [-0.05, 0) is 56.0 Å². The quantitative estimate of drug-likeness (QED) is 0.347. The summed E-state index contributed by atoms with van der Waals surface area (Å²) in [5, 5.41) is 19.1. The number of nitrogens with zero attached hydrogens (tertiary/aromatic N) is 2. The van der Waals surface area contributed by atoms with Gasteiger partial charge in [0.2, 0.25) is 0 Å². The highest BCUT2D eigenvalue weighted by atomic mass is 35.5. The van der Waals surface area contributed by atoms with Crippen molar-refractivity contribution in [3.63, 3.8) is 0 Å². The van der Waals surface area contributed by atoms with Crippen LogP contribution in [-0.4, -0.2) is 26.9 Å². The number of carboxylic acids is 1. The summed E-state index contributed by atoms with van der Waals surface area (Å²) in [5.74, 6) is -1.76. The van der Waals surface area contributed by atoms with E-state index in [4.69, 9.17) is 11.6 Å². The largest absolute Gasteiger partial charge is 0.481 e. The van der Waals surface area contributed by atoms with Crippen molar-refractivity contribution in [2.24, 2.45) is 0 Å². The van der Waals surface area contributed by atoms with E-state index in [-0.39, 0.29) is 29.1 Å². The van der Waals surface area contributed by atoms with Crippen LogP contribution in [-0.2, 0) is 4.79 Å². The van der Waals surface area contributed by atoms with Gasteiger partial charge < -0.3 is 15.7 Å². The molecular formula is C24H26ClFN4O3. The molecule has 3 aromatic rings. The number of benzene rings is 2. The summed E-state index contributed by atoms with van der Waals surface area (Å²) in [4.78, 5) is 24.0. The molecule has 2 amide bonds. The SMILES string of the molecule is CCC(CC(=O)O)c1ccc(-c2cnn(C(C)C)c2)c(NC(=O)Nc2ccc(Cl)cc2F)c1. The van der Waals surface area contributed by atoms with Gasteiger partial charge in [0.15, 0.2) is 0 Å². The van der Waals surface area contributed by atoms with Crippen molar-refractivity contribution in [3.8, 4) is 11.1 Å². The minimum atomic E-state index is -0.894. The Labute approximate surface area is 196 Å². The van der Waals surface area contributed by atoms with E-state index in [1.807, 2.05) is 39.1 Å². The van der Waals surface area contributed by atoms with Crippen molar-refractivity contribution in [2.45, 2.75) is 45.6 Å². The molecule has 9 heteroatoms. The first-order chi connectivity index (χ1) is 15.7. The average molecular weight is 473 g/mol. The van der Waals surface area contributed by atoms with Gasteiger partial charge in [0.25, 0.3) is 0 Å². The highest BCUT2D eigenvalue weighted by Crippen LogP contribution is 2.34. The standard InChI is InChI=1S/C24H26ClFN4O3/c1-4-15(10-23(31)32)16-5-7-19(17-12-27-30(13-17)14(2)3)22(9-16)29-24(33)28-21-8-6-18(25)11-20(21)26/h5-9,11-15H,4,10H2,1-3H3,(H,31,32)(H2,28,29,33). The Balaban J connectivity index is 1.96. The van der Waals surface area contributed by atoms with Gasteiger partial charge in [-0.15, -0.1) is 0 Å². The fraction of sp³-hybridized carbons (Fsp3) is 0.292. The maximum Gasteiger partial charge on any atom is 0.323 e. The zero-order valence-electron chi connectivity index (χ0n) is 18.6. The van der Waals surface area contributed by atoms with Gasteiger partial charge in [-0.25, -0.2) is 9.18 Å². The number of halogens is 2. The number of nitrogens with one attached hydrogen (secondary N) is 2. The lowest BCUT2D eigenvalue weighted by molar-refractivity contribution is -0.137. The number of hydrogen-bond acceptors (Lipinski definition) is 3. The van der Waals surface area contributed by atoms with Gasteiger partial charge in [0.05, 0.1) is 24.0 Å². The third kappa shape index (κ3) is 6.10. The van der Waals surface area contributed by atoms with Gasteiger partial charge in [-0.3, -0.25) is 9.48 Å². The van der Waals surface area contributed by atoms with Crippen LogP contribution in [0.3, 0.4) is 0 Å². The minimum Gasteiger partial charge on any atom is -0.481 e. The van der Waals surface area contributed by atoms with E-state index in [1.54, 1.807) is 16.9 Å². The highest BCUT2D eigenvalue weighted by Gasteiger charge is 2.18. The van der Waals surface area contributed by atoms with E-state index in [0.29, 0.717) is 17.7 Å². The molecule has 1 heterocycles. The number of aliphatic carboxylic acids is 1. The van der Waals surface area contributed by atoms with Crippen LogP contribution in [0.5, 0.6) is 0 Å². The van der Waals surface area contributed by atoms with Crippen LogP contribution < -0.4 is 10.6 Å². The number of carbonyl (C=O) groups excluding carboxylic acids is 1. The summed E-state index contributed by atoms with van der Waals surface area (Å²) in [5.41, 5.74) is 2.73. The first-order valence-corrected chi connectivity index (χ1v) is 11.0. The fourth-order valence-corrected chi connectivity index (χ4v) is 3.66. The van der Waals surface area contributed by atoms with Crippen molar-refractivity contribution in [2.75, 3.05) is 10.6 Å². The number of urea groups is 1. The lowest BCUT2D eigenvalue weighted by atomic mass is 9.91. The highest BCUT2D eigenvalue weighted by molar-refractivity contribution is 6.30. The van der Waals surface area contributed by atoms with Gasteiger partial charge in [-0.2, -0.15) is 5.10 Å². The summed E-state index contributed by atoms with van der Waals surface area (Å²) in [7, 11) is 0. The van der Waals surface area contributed by atoms with Crippen LogP contribution in [0.25, 0.3) is 11.1 Å². The van der Waals surface area contributed by atoms with Crippen molar-refractivity contribution in [1.82, 2.24) is 9.78 Å². The van der Waals surface area contributed by atoms with Crippen LogP contribution >= 0.6 is 11.6 Å². The lowest BCUT2D eigenvalue weighted by Gasteiger charge is -2.17. The monoisotopic (exact) mass is 472 g/mol. The number of anilines is 2. The predicted octanol–water partition coefficient (Wildman–Crippen LogP) is 6.54. The zero-order valence-corrected chi connectivity index (χ0v) is 19.4.